The van der Waals surface area contributed by atoms with Crippen LogP contribution in [0.4, 0.5) is 0 Å². The predicted octanol–water partition coefficient (Wildman–Crippen LogP) is 4.27. The van der Waals surface area contributed by atoms with Gasteiger partial charge in [0.05, 0.1) is 17.6 Å². The van der Waals surface area contributed by atoms with Gasteiger partial charge < -0.3 is 20.1 Å². The summed E-state index contributed by atoms with van der Waals surface area (Å²) < 4.78 is 5.92. The number of ether oxygens (including phenoxy) is 1. The van der Waals surface area contributed by atoms with E-state index in [9.17, 15) is 14.7 Å². The van der Waals surface area contributed by atoms with Crippen molar-refractivity contribution in [3.8, 4) is 0 Å². The van der Waals surface area contributed by atoms with Crippen LogP contribution in [0.2, 0.25) is 5.02 Å². The Bertz CT molecular complexity index is 1200. The molecule has 2 unspecified atom stereocenters. The Labute approximate surface area is 201 Å². The highest BCUT2D eigenvalue weighted by Gasteiger charge is 2.34. The molecule has 33 heavy (non-hydrogen) atoms. The number of aromatic amines is 1. The smallest absolute Gasteiger partial charge is 0.287 e. The molecule has 9 heteroatoms. The van der Waals surface area contributed by atoms with Crippen molar-refractivity contribution in [2.45, 2.75) is 51.9 Å². The summed E-state index contributed by atoms with van der Waals surface area (Å²) >= 11 is 7.29. The molecule has 1 aromatic carbocycles. The van der Waals surface area contributed by atoms with Crippen LogP contribution in [-0.2, 0) is 17.9 Å². The van der Waals surface area contributed by atoms with Gasteiger partial charge in [0.25, 0.3) is 11.5 Å². The monoisotopic (exact) mass is 489 g/mol. The number of halogens is 1. The number of amides is 1. The van der Waals surface area contributed by atoms with Gasteiger partial charge in [-0.25, -0.2) is 4.98 Å². The summed E-state index contributed by atoms with van der Waals surface area (Å²) in [6.45, 7) is 4.92. The molecule has 2 heterocycles. The van der Waals surface area contributed by atoms with Crippen LogP contribution in [0.1, 0.15) is 54.9 Å². The number of hydrogen-bond donors (Lipinski definition) is 3. The van der Waals surface area contributed by atoms with Crippen molar-refractivity contribution >= 4 is 39.1 Å². The average Bonchev–Trinajstić information content (AvgIpc) is 3.40. The van der Waals surface area contributed by atoms with Gasteiger partial charge in [-0.05, 0) is 68.0 Å². The molecular formula is C24H28ClN3O4S. The van der Waals surface area contributed by atoms with Crippen LogP contribution in [0.25, 0.3) is 10.2 Å². The van der Waals surface area contributed by atoms with E-state index >= 15 is 0 Å². The minimum absolute atomic E-state index is 0.0209. The molecular weight excluding hydrogens is 462 g/mol. The molecule has 1 aliphatic carbocycles. The van der Waals surface area contributed by atoms with E-state index in [-0.39, 0.29) is 17.9 Å². The SMILES string of the molecule is CC(C)(O)C1CCC(COCc2csc3nc(C(=O)NCc4cccc(Cl)c4)[nH]c(=O)c23)C1. The fourth-order valence-electron chi connectivity index (χ4n) is 4.34. The molecule has 176 valence electrons. The van der Waals surface area contributed by atoms with E-state index in [1.165, 1.54) is 11.3 Å². The summed E-state index contributed by atoms with van der Waals surface area (Å²) in [6, 6.07) is 7.19. The Kier molecular flexibility index (Phi) is 7.19. The quantitative estimate of drug-likeness (QED) is 0.438. The van der Waals surface area contributed by atoms with Gasteiger partial charge in [0.2, 0.25) is 5.82 Å². The van der Waals surface area contributed by atoms with Crippen LogP contribution < -0.4 is 10.9 Å². The lowest BCUT2D eigenvalue weighted by molar-refractivity contribution is 0.0145. The topological polar surface area (TPSA) is 104 Å². The number of aliphatic hydroxyl groups is 1. The second-order valence-corrected chi connectivity index (χ2v) is 10.5. The van der Waals surface area contributed by atoms with Crippen LogP contribution in [0.3, 0.4) is 0 Å². The largest absolute Gasteiger partial charge is 0.390 e. The third-order valence-electron chi connectivity index (χ3n) is 6.23. The lowest BCUT2D eigenvalue weighted by Crippen LogP contribution is -2.29. The van der Waals surface area contributed by atoms with Crippen molar-refractivity contribution in [1.82, 2.24) is 15.3 Å². The van der Waals surface area contributed by atoms with Crippen LogP contribution in [0, 0.1) is 11.8 Å². The molecule has 1 amide bonds. The van der Waals surface area contributed by atoms with E-state index in [4.69, 9.17) is 16.3 Å². The molecule has 2 atom stereocenters. The van der Waals surface area contributed by atoms with Crippen molar-refractivity contribution in [2.24, 2.45) is 11.8 Å². The van der Waals surface area contributed by atoms with Gasteiger partial charge in [0.15, 0.2) is 0 Å². The molecule has 0 radical (unpaired) electrons. The molecule has 0 spiro atoms. The number of aromatic nitrogens is 2. The van der Waals surface area contributed by atoms with Crippen LogP contribution in [-0.4, -0.2) is 33.2 Å². The molecule has 0 bridgehead atoms. The number of thiophene rings is 1. The number of hydrogen-bond acceptors (Lipinski definition) is 6. The van der Waals surface area contributed by atoms with Gasteiger partial charge >= 0.3 is 0 Å². The third kappa shape index (κ3) is 5.81. The van der Waals surface area contributed by atoms with Crippen molar-refractivity contribution in [1.29, 1.82) is 0 Å². The zero-order valence-electron chi connectivity index (χ0n) is 18.7. The Hall–Kier alpha value is -2.26. The molecule has 4 rings (SSSR count). The first-order valence-corrected chi connectivity index (χ1v) is 12.3. The Balaban J connectivity index is 1.37. The predicted molar refractivity (Wildman–Crippen MR) is 130 cm³/mol. The van der Waals surface area contributed by atoms with Crippen molar-refractivity contribution in [3.63, 3.8) is 0 Å². The van der Waals surface area contributed by atoms with E-state index in [2.05, 4.69) is 15.3 Å². The molecule has 1 fully saturated rings. The van der Waals surface area contributed by atoms with E-state index in [0.717, 1.165) is 30.4 Å². The number of fused-ring (bicyclic) bond motifs is 1. The van der Waals surface area contributed by atoms with Crippen molar-refractivity contribution in [3.05, 3.63) is 62.0 Å². The second kappa shape index (κ2) is 9.93. The van der Waals surface area contributed by atoms with Crippen LogP contribution >= 0.6 is 22.9 Å². The number of nitrogens with one attached hydrogen (secondary N) is 2. The first-order valence-electron chi connectivity index (χ1n) is 11.0. The number of nitrogens with zero attached hydrogens (tertiary/aromatic N) is 1. The zero-order chi connectivity index (χ0) is 23.6. The van der Waals surface area contributed by atoms with E-state index in [1.807, 2.05) is 31.4 Å². The van der Waals surface area contributed by atoms with Crippen LogP contribution in [0.5, 0.6) is 0 Å². The number of carbonyl (C=O) groups excluding carboxylic acids is 1. The molecule has 0 saturated heterocycles. The number of rotatable bonds is 8. The highest BCUT2D eigenvalue weighted by molar-refractivity contribution is 7.16. The van der Waals surface area contributed by atoms with Crippen molar-refractivity contribution in [2.75, 3.05) is 6.61 Å². The molecule has 1 aliphatic rings. The first-order chi connectivity index (χ1) is 15.7. The Morgan fingerprint density at radius 1 is 1.39 bits per heavy atom. The summed E-state index contributed by atoms with van der Waals surface area (Å²) in [7, 11) is 0. The van der Waals surface area contributed by atoms with Gasteiger partial charge in [-0.3, -0.25) is 9.59 Å². The second-order valence-electron chi connectivity index (χ2n) is 9.21. The summed E-state index contributed by atoms with van der Waals surface area (Å²) in [6.07, 6.45) is 2.99. The van der Waals surface area contributed by atoms with Gasteiger partial charge in [-0.2, -0.15) is 0 Å². The van der Waals surface area contributed by atoms with Crippen LogP contribution in [0.15, 0.2) is 34.4 Å². The Morgan fingerprint density at radius 3 is 2.94 bits per heavy atom. The van der Waals surface area contributed by atoms with E-state index in [0.29, 0.717) is 40.3 Å². The van der Waals surface area contributed by atoms with Gasteiger partial charge in [0, 0.05) is 23.7 Å². The number of benzene rings is 1. The maximum Gasteiger partial charge on any atom is 0.287 e. The summed E-state index contributed by atoms with van der Waals surface area (Å²) in [5, 5.41) is 15.9. The van der Waals surface area contributed by atoms with Crippen molar-refractivity contribution < 1.29 is 14.6 Å². The maximum absolute atomic E-state index is 12.7. The van der Waals surface area contributed by atoms with E-state index < -0.39 is 11.5 Å². The molecule has 3 aromatic rings. The lowest BCUT2D eigenvalue weighted by atomic mass is 9.89. The minimum Gasteiger partial charge on any atom is -0.390 e. The standard InChI is InChI=1S/C24H28ClN3O4S/c1-24(2,31)17-7-6-15(8-17)11-32-12-16-13-33-23-19(16)21(29)27-20(28-23)22(30)26-10-14-4-3-5-18(25)9-14/h3-5,9,13,15,17,31H,6-8,10-12H2,1-2H3,(H,26,30)(H,27,28,29). The lowest BCUT2D eigenvalue weighted by Gasteiger charge is -2.25. The van der Waals surface area contributed by atoms with Gasteiger partial charge in [-0.1, -0.05) is 23.7 Å². The maximum atomic E-state index is 12.7. The fraction of sp³-hybridized carbons (Fsp3) is 0.458. The number of H-pyrrole nitrogens is 1. The third-order valence-corrected chi connectivity index (χ3v) is 7.38. The molecule has 1 saturated carbocycles. The average molecular weight is 490 g/mol. The Morgan fingerprint density at radius 2 is 2.21 bits per heavy atom. The number of carbonyl (C=O) groups is 1. The molecule has 3 N–H and O–H groups in total. The normalized spacial score (nSPS) is 18.7. The molecule has 7 nitrogen and oxygen atoms in total. The van der Waals surface area contributed by atoms with Gasteiger partial charge in [0.1, 0.15) is 4.83 Å². The van der Waals surface area contributed by atoms with E-state index in [1.54, 1.807) is 12.1 Å². The molecule has 2 aromatic heterocycles. The highest BCUT2D eigenvalue weighted by atomic mass is 35.5. The highest BCUT2D eigenvalue weighted by Crippen LogP contribution is 2.38. The van der Waals surface area contributed by atoms with Gasteiger partial charge in [-0.15, -0.1) is 11.3 Å². The minimum atomic E-state index is -0.657. The molecule has 0 aliphatic heterocycles. The summed E-state index contributed by atoms with van der Waals surface area (Å²) in [4.78, 5) is 32.7. The zero-order valence-corrected chi connectivity index (χ0v) is 20.3. The fourth-order valence-corrected chi connectivity index (χ4v) is 5.48. The first kappa shape index (κ1) is 23.9. The summed E-state index contributed by atoms with van der Waals surface area (Å²) in [5.74, 6) is 0.233. The summed E-state index contributed by atoms with van der Waals surface area (Å²) in [5.41, 5.74) is 0.614.